The lowest BCUT2D eigenvalue weighted by Crippen LogP contribution is -2.37. The summed E-state index contributed by atoms with van der Waals surface area (Å²) >= 11 is 0. The van der Waals surface area contributed by atoms with Gasteiger partial charge in [0.15, 0.2) is 0 Å². The lowest BCUT2D eigenvalue weighted by atomic mass is 9.91. The maximum Gasteiger partial charge on any atom is 0.0522 e. The first-order chi connectivity index (χ1) is 10.8. The molecule has 0 radical (unpaired) electrons. The van der Waals surface area contributed by atoms with Gasteiger partial charge in [-0.1, -0.05) is 44.2 Å². The highest BCUT2D eigenvalue weighted by Crippen LogP contribution is 2.29. The smallest absolute Gasteiger partial charge is 0.0522 e. The third-order valence-electron chi connectivity index (χ3n) is 4.95. The summed E-state index contributed by atoms with van der Waals surface area (Å²) in [5.74, 6) is 1.21. The summed E-state index contributed by atoms with van der Waals surface area (Å²) in [5.41, 5.74) is 4.21. The third kappa shape index (κ3) is 3.41. The molecule has 1 fully saturated rings. The molecule has 3 rings (SSSR count). The fourth-order valence-electron chi connectivity index (χ4n) is 3.69. The molecule has 0 bridgehead atoms. The van der Waals surface area contributed by atoms with Crippen molar-refractivity contribution in [2.24, 2.45) is 0 Å². The summed E-state index contributed by atoms with van der Waals surface area (Å²) in [5, 5.41) is 7.51. The van der Waals surface area contributed by atoms with Crippen molar-refractivity contribution in [3.8, 4) is 0 Å². The number of rotatable bonds is 5. The van der Waals surface area contributed by atoms with Crippen LogP contribution in [0.1, 0.15) is 55.3 Å². The minimum absolute atomic E-state index is 0.590. The van der Waals surface area contributed by atoms with Gasteiger partial charge in [0.05, 0.1) is 6.20 Å². The molecule has 2 aromatic rings. The molecule has 118 valence electrons. The molecule has 1 aliphatic heterocycles. The van der Waals surface area contributed by atoms with Gasteiger partial charge in [-0.05, 0) is 42.9 Å². The molecule has 3 nitrogen and oxygen atoms in total. The Morgan fingerprint density at radius 1 is 1.32 bits per heavy atom. The average molecular weight is 297 g/mol. The van der Waals surface area contributed by atoms with Crippen LogP contribution in [-0.4, -0.2) is 34.7 Å². The largest absolute Gasteiger partial charge is 0.302 e. The molecule has 0 spiro atoms. The number of hydrogen-bond donors (Lipinski definition) is 1. The highest BCUT2D eigenvalue weighted by molar-refractivity contribution is 5.22. The topological polar surface area (TPSA) is 31.9 Å². The van der Waals surface area contributed by atoms with Crippen molar-refractivity contribution in [1.29, 1.82) is 0 Å². The summed E-state index contributed by atoms with van der Waals surface area (Å²) in [6.45, 7) is 8.09. The van der Waals surface area contributed by atoms with E-state index in [1.807, 2.05) is 6.20 Å². The van der Waals surface area contributed by atoms with E-state index in [2.05, 4.69) is 59.3 Å². The van der Waals surface area contributed by atoms with Gasteiger partial charge in [0.2, 0.25) is 0 Å². The van der Waals surface area contributed by atoms with E-state index in [0.29, 0.717) is 11.8 Å². The van der Waals surface area contributed by atoms with Crippen LogP contribution in [0.5, 0.6) is 0 Å². The van der Waals surface area contributed by atoms with E-state index >= 15 is 0 Å². The van der Waals surface area contributed by atoms with Gasteiger partial charge in [0, 0.05) is 24.7 Å². The van der Waals surface area contributed by atoms with Crippen LogP contribution in [0.15, 0.2) is 36.5 Å². The number of nitrogens with one attached hydrogen (secondary N) is 1. The quantitative estimate of drug-likeness (QED) is 0.906. The second-order valence-corrected chi connectivity index (χ2v) is 6.57. The average Bonchev–Trinajstić information content (AvgIpc) is 3.04. The number of likely N-dealkylation sites (tertiary alicyclic amines) is 1. The van der Waals surface area contributed by atoms with Crippen LogP contribution in [-0.2, 0) is 6.42 Å². The molecule has 0 aliphatic carbocycles. The summed E-state index contributed by atoms with van der Waals surface area (Å²) in [6.07, 6.45) is 5.64. The van der Waals surface area contributed by atoms with Gasteiger partial charge < -0.3 is 4.90 Å². The highest BCUT2D eigenvalue weighted by atomic mass is 15.2. The first-order valence-corrected chi connectivity index (χ1v) is 8.57. The molecule has 1 aromatic carbocycles. The predicted octanol–water partition coefficient (Wildman–Crippen LogP) is 3.96. The van der Waals surface area contributed by atoms with Gasteiger partial charge in [-0.25, -0.2) is 0 Å². The monoisotopic (exact) mass is 297 g/mol. The van der Waals surface area contributed by atoms with E-state index < -0.39 is 0 Å². The standard InChI is InChI=1S/C19H27N3/c1-3-16-12-20-21-19(16)18-10-7-11-22(14-18)13-15(2)17-8-5-4-6-9-17/h4-6,8-9,12,15,18H,3,7,10-11,13-14H2,1-2H3,(H,20,21)/t15-,18-/m0/s1. The molecule has 1 aliphatic rings. The van der Waals surface area contributed by atoms with Crippen LogP contribution in [0.3, 0.4) is 0 Å². The number of benzene rings is 1. The molecule has 0 saturated carbocycles. The van der Waals surface area contributed by atoms with Crippen LogP contribution >= 0.6 is 0 Å². The van der Waals surface area contributed by atoms with Crippen molar-refractivity contribution in [2.75, 3.05) is 19.6 Å². The zero-order valence-corrected chi connectivity index (χ0v) is 13.8. The van der Waals surface area contributed by atoms with Gasteiger partial charge in [0.25, 0.3) is 0 Å². The van der Waals surface area contributed by atoms with E-state index in [0.717, 1.165) is 19.5 Å². The first kappa shape index (κ1) is 15.3. The molecule has 0 unspecified atom stereocenters. The van der Waals surface area contributed by atoms with E-state index in [-0.39, 0.29) is 0 Å². The molecule has 3 heteroatoms. The van der Waals surface area contributed by atoms with Crippen LogP contribution in [0.2, 0.25) is 0 Å². The van der Waals surface area contributed by atoms with E-state index in [4.69, 9.17) is 0 Å². The first-order valence-electron chi connectivity index (χ1n) is 8.57. The SMILES string of the molecule is CCc1cn[nH]c1[C@H]1CCCN(C[C@H](C)c2ccccc2)C1. The maximum atomic E-state index is 4.26. The second kappa shape index (κ2) is 7.10. The van der Waals surface area contributed by atoms with Crippen molar-refractivity contribution < 1.29 is 0 Å². The molecule has 1 aromatic heterocycles. The summed E-state index contributed by atoms with van der Waals surface area (Å²) in [4.78, 5) is 2.63. The number of aromatic nitrogens is 2. The van der Waals surface area contributed by atoms with Crippen LogP contribution in [0, 0.1) is 0 Å². The Kier molecular flexibility index (Phi) is 4.94. The third-order valence-corrected chi connectivity index (χ3v) is 4.95. The van der Waals surface area contributed by atoms with Gasteiger partial charge in [0.1, 0.15) is 0 Å². The van der Waals surface area contributed by atoms with Crippen molar-refractivity contribution >= 4 is 0 Å². The molecule has 0 amide bonds. The number of nitrogens with zero attached hydrogens (tertiary/aromatic N) is 2. The summed E-state index contributed by atoms with van der Waals surface area (Å²) in [6, 6.07) is 10.9. The Morgan fingerprint density at radius 3 is 2.91 bits per heavy atom. The van der Waals surface area contributed by atoms with Crippen molar-refractivity contribution in [2.45, 2.75) is 44.9 Å². The molecular formula is C19H27N3. The maximum absolute atomic E-state index is 4.26. The summed E-state index contributed by atoms with van der Waals surface area (Å²) in [7, 11) is 0. The zero-order valence-electron chi connectivity index (χ0n) is 13.8. The van der Waals surface area contributed by atoms with E-state index in [9.17, 15) is 0 Å². The number of hydrogen-bond acceptors (Lipinski definition) is 2. The van der Waals surface area contributed by atoms with Crippen molar-refractivity contribution in [3.63, 3.8) is 0 Å². The fraction of sp³-hybridized carbons (Fsp3) is 0.526. The van der Waals surface area contributed by atoms with Gasteiger partial charge in [-0.3, -0.25) is 5.10 Å². The van der Waals surface area contributed by atoms with E-state index in [1.165, 1.54) is 36.2 Å². The molecular weight excluding hydrogens is 270 g/mol. The van der Waals surface area contributed by atoms with Gasteiger partial charge in [-0.2, -0.15) is 5.10 Å². The van der Waals surface area contributed by atoms with Gasteiger partial charge in [-0.15, -0.1) is 0 Å². The summed E-state index contributed by atoms with van der Waals surface area (Å²) < 4.78 is 0. The molecule has 2 atom stereocenters. The lowest BCUT2D eigenvalue weighted by molar-refractivity contribution is 0.197. The lowest BCUT2D eigenvalue weighted by Gasteiger charge is -2.34. The molecule has 22 heavy (non-hydrogen) atoms. The van der Waals surface area contributed by atoms with Crippen molar-refractivity contribution in [1.82, 2.24) is 15.1 Å². The minimum atomic E-state index is 0.590. The fourth-order valence-corrected chi connectivity index (χ4v) is 3.69. The Balaban J connectivity index is 1.63. The Morgan fingerprint density at radius 2 is 2.14 bits per heavy atom. The molecule has 1 saturated heterocycles. The molecule has 1 N–H and O–H groups in total. The highest BCUT2D eigenvalue weighted by Gasteiger charge is 2.25. The Bertz CT molecular complexity index is 575. The van der Waals surface area contributed by atoms with Gasteiger partial charge >= 0.3 is 0 Å². The van der Waals surface area contributed by atoms with Crippen molar-refractivity contribution in [3.05, 3.63) is 53.3 Å². The predicted molar refractivity (Wildman–Crippen MR) is 91.2 cm³/mol. The van der Waals surface area contributed by atoms with Crippen LogP contribution in [0.4, 0.5) is 0 Å². The zero-order chi connectivity index (χ0) is 15.4. The Labute approximate surface area is 133 Å². The number of piperidine rings is 1. The number of H-pyrrole nitrogens is 1. The molecule has 2 heterocycles. The van der Waals surface area contributed by atoms with E-state index in [1.54, 1.807) is 0 Å². The minimum Gasteiger partial charge on any atom is -0.302 e. The Hall–Kier alpha value is -1.61. The normalized spacial score (nSPS) is 20.9. The second-order valence-electron chi connectivity index (χ2n) is 6.57. The van der Waals surface area contributed by atoms with Crippen LogP contribution < -0.4 is 0 Å². The van der Waals surface area contributed by atoms with Crippen LogP contribution in [0.25, 0.3) is 0 Å². The number of aryl methyl sites for hydroxylation is 1. The number of aromatic amines is 1.